The Kier molecular flexibility index (Phi) is 5.18. The number of carbonyl (C=O) groups is 1. The lowest BCUT2D eigenvalue weighted by Crippen LogP contribution is -2.00. The first-order valence-electron chi connectivity index (χ1n) is 7.19. The molecule has 0 amide bonds. The third-order valence-electron chi connectivity index (χ3n) is 3.13. The van der Waals surface area contributed by atoms with Crippen molar-refractivity contribution < 1.29 is 13.9 Å². The average Bonchev–Trinajstić information content (AvgIpc) is 3.09. The molecule has 0 saturated carbocycles. The van der Waals surface area contributed by atoms with Gasteiger partial charge >= 0.3 is 5.97 Å². The number of carbonyl (C=O) groups excluding carboxylic acids is 1. The van der Waals surface area contributed by atoms with Crippen LogP contribution in [0, 0.1) is 0 Å². The highest BCUT2D eigenvalue weighted by atomic mass is 79.9. The Morgan fingerprint density at radius 1 is 1.08 bits per heavy atom. The second-order valence-corrected chi connectivity index (χ2v) is 5.68. The number of rotatable bonds is 5. The van der Waals surface area contributed by atoms with Crippen molar-refractivity contribution >= 4 is 28.0 Å². The van der Waals surface area contributed by atoms with Crippen LogP contribution in [0.1, 0.15) is 11.5 Å². The number of hydrogen-bond acceptors (Lipinski definition) is 5. The zero-order chi connectivity index (χ0) is 16.8. The van der Waals surface area contributed by atoms with Gasteiger partial charge < -0.3 is 9.15 Å². The lowest BCUT2D eigenvalue weighted by molar-refractivity contribution is -0.139. The predicted molar refractivity (Wildman–Crippen MR) is 92.7 cm³/mol. The Labute approximate surface area is 147 Å². The summed E-state index contributed by atoms with van der Waals surface area (Å²) in [6.45, 7) is -0.0705. The SMILES string of the molecule is O=C(/C=C/c1ccccc1Br)OCc1nnc(-c2ccccc2)o1. The van der Waals surface area contributed by atoms with Crippen molar-refractivity contribution in [3.63, 3.8) is 0 Å². The van der Waals surface area contributed by atoms with E-state index >= 15 is 0 Å². The highest BCUT2D eigenvalue weighted by Gasteiger charge is 2.09. The van der Waals surface area contributed by atoms with Gasteiger partial charge in [-0.2, -0.15) is 0 Å². The topological polar surface area (TPSA) is 65.2 Å². The molecule has 1 aromatic heterocycles. The first-order valence-corrected chi connectivity index (χ1v) is 7.99. The zero-order valence-corrected chi connectivity index (χ0v) is 14.1. The summed E-state index contributed by atoms with van der Waals surface area (Å²) in [4.78, 5) is 11.8. The Balaban J connectivity index is 1.57. The van der Waals surface area contributed by atoms with Crippen LogP contribution in [0.4, 0.5) is 0 Å². The molecule has 5 nitrogen and oxygen atoms in total. The van der Waals surface area contributed by atoms with E-state index in [0.29, 0.717) is 5.89 Å². The lowest BCUT2D eigenvalue weighted by Gasteiger charge is -1.98. The molecule has 0 atom stereocenters. The number of esters is 1. The van der Waals surface area contributed by atoms with Crippen LogP contribution in [-0.2, 0) is 16.1 Å². The van der Waals surface area contributed by atoms with Crippen molar-refractivity contribution in [3.8, 4) is 11.5 Å². The van der Waals surface area contributed by atoms with Gasteiger partial charge in [-0.3, -0.25) is 0 Å². The van der Waals surface area contributed by atoms with E-state index in [9.17, 15) is 4.79 Å². The van der Waals surface area contributed by atoms with Gasteiger partial charge in [0.25, 0.3) is 5.89 Å². The van der Waals surface area contributed by atoms with Gasteiger partial charge in [0.15, 0.2) is 6.61 Å². The third-order valence-corrected chi connectivity index (χ3v) is 3.85. The quantitative estimate of drug-likeness (QED) is 0.485. The second kappa shape index (κ2) is 7.70. The van der Waals surface area contributed by atoms with Gasteiger partial charge in [0.2, 0.25) is 5.89 Å². The molecule has 0 bridgehead atoms. The van der Waals surface area contributed by atoms with Crippen LogP contribution >= 0.6 is 15.9 Å². The summed E-state index contributed by atoms with van der Waals surface area (Å²) in [6.07, 6.45) is 3.03. The maximum atomic E-state index is 11.8. The average molecular weight is 385 g/mol. The number of halogens is 1. The minimum absolute atomic E-state index is 0.0705. The van der Waals surface area contributed by atoms with Crippen LogP contribution in [0.5, 0.6) is 0 Å². The van der Waals surface area contributed by atoms with E-state index in [-0.39, 0.29) is 12.5 Å². The molecule has 0 fully saturated rings. The second-order valence-electron chi connectivity index (χ2n) is 4.83. The summed E-state index contributed by atoms with van der Waals surface area (Å²) in [5.74, 6) is 0.159. The van der Waals surface area contributed by atoms with Crippen molar-refractivity contribution in [1.29, 1.82) is 0 Å². The standard InChI is InChI=1S/C18H13BrN2O3/c19-15-9-5-4-6-13(15)10-11-17(22)23-12-16-20-21-18(24-16)14-7-2-1-3-8-14/h1-11H,12H2/b11-10+. The molecule has 0 aliphatic rings. The molecule has 0 radical (unpaired) electrons. The summed E-state index contributed by atoms with van der Waals surface area (Å²) < 4.78 is 11.5. The molecule has 0 unspecified atom stereocenters. The number of hydrogen-bond donors (Lipinski definition) is 0. The van der Waals surface area contributed by atoms with Gasteiger partial charge in [-0.25, -0.2) is 4.79 Å². The minimum Gasteiger partial charge on any atom is -0.452 e. The van der Waals surface area contributed by atoms with Gasteiger partial charge in [0.05, 0.1) is 0 Å². The molecule has 24 heavy (non-hydrogen) atoms. The van der Waals surface area contributed by atoms with E-state index in [4.69, 9.17) is 9.15 Å². The third kappa shape index (κ3) is 4.17. The molecule has 3 aromatic rings. The number of nitrogens with zero attached hydrogens (tertiary/aromatic N) is 2. The van der Waals surface area contributed by atoms with Crippen molar-refractivity contribution in [2.45, 2.75) is 6.61 Å². The normalized spacial score (nSPS) is 10.9. The molecule has 0 aliphatic carbocycles. The molecule has 0 spiro atoms. The Morgan fingerprint density at radius 3 is 2.62 bits per heavy atom. The van der Waals surface area contributed by atoms with E-state index in [1.54, 1.807) is 6.08 Å². The van der Waals surface area contributed by atoms with Gasteiger partial charge in [0.1, 0.15) is 0 Å². The van der Waals surface area contributed by atoms with Gasteiger partial charge in [-0.1, -0.05) is 52.3 Å². The molecule has 0 N–H and O–H groups in total. The molecular formula is C18H13BrN2O3. The van der Waals surface area contributed by atoms with E-state index in [1.165, 1.54) is 6.08 Å². The molecule has 2 aromatic carbocycles. The van der Waals surface area contributed by atoms with Gasteiger partial charge in [-0.15, -0.1) is 10.2 Å². The minimum atomic E-state index is -0.481. The number of ether oxygens (including phenoxy) is 1. The van der Waals surface area contributed by atoms with Crippen molar-refractivity contribution in [2.24, 2.45) is 0 Å². The van der Waals surface area contributed by atoms with Crippen LogP contribution in [0.25, 0.3) is 17.5 Å². The van der Waals surface area contributed by atoms with Crippen molar-refractivity contribution in [2.75, 3.05) is 0 Å². The fourth-order valence-corrected chi connectivity index (χ4v) is 2.38. The van der Waals surface area contributed by atoms with E-state index < -0.39 is 5.97 Å². The van der Waals surface area contributed by atoms with Crippen LogP contribution in [0.15, 0.2) is 69.6 Å². The fraction of sp³-hybridized carbons (Fsp3) is 0.0556. The molecule has 3 rings (SSSR count). The smallest absolute Gasteiger partial charge is 0.331 e. The van der Waals surface area contributed by atoms with Crippen LogP contribution in [-0.4, -0.2) is 16.2 Å². The van der Waals surface area contributed by atoms with Crippen molar-refractivity contribution in [3.05, 3.63) is 76.6 Å². The van der Waals surface area contributed by atoms with Crippen LogP contribution in [0.3, 0.4) is 0 Å². The summed E-state index contributed by atoms with van der Waals surface area (Å²) >= 11 is 3.41. The molecule has 0 saturated heterocycles. The maximum Gasteiger partial charge on any atom is 0.331 e. The monoisotopic (exact) mass is 384 g/mol. The highest BCUT2D eigenvalue weighted by molar-refractivity contribution is 9.10. The molecule has 120 valence electrons. The van der Waals surface area contributed by atoms with Gasteiger partial charge in [0, 0.05) is 16.1 Å². The number of benzene rings is 2. The molecule has 1 heterocycles. The van der Waals surface area contributed by atoms with Crippen LogP contribution < -0.4 is 0 Å². The summed E-state index contributed by atoms with van der Waals surface area (Å²) in [6, 6.07) is 17.0. The van der Waals surface area contributed by atoms with Gasteiger partial charge in [-0.05, 0) is 29.8 Å². The number of aromatic nitrogens is 2. The van der Waals surface area contributed by atoms with E-state index in [0.717, 1.165) is 15.6 Å². The molecule has 0 aliphatic heterocycles. The Morgan fingerprint density at radius 2 is 1.83 bits per heavy atom. The van der Waals surface area contributed by atoms with Crippen molar-refractivity contribution in [1.82, 2.24) is 10.2 Å². The maximum absolute atomic E-state index is 11.8. The zero-order valence-electron chi connectivity index (χ0n) is 12.6. The first-order chi connectivity index (χ1) is 11.7. The van der Waals surface area contributed by atoms with E-state index in [1.807, 2.05) is 54.6 Å². The molecule has 6 heteroatoms. The Bertz CT molecular complexity index is 859. The van der Waals surface area contributed by atoms with E-state index in [2.05, 4.69) is 26.1 Å². The lowest BCUT2D eigenvalue weighted by atomic mass is 10.2. The fourth-order valence-electron chi connectivity index (χ4n) is 1.96. The Hall–Kier alpha value is -2.73. The highest BCUT2D eigenvalue weighted by Crippen LogP contribution is 2.18. The predicted octanol–water partition coefficient (Wildman–Crippen LogP) is 4.26. The largest absolute Gasteiger partial charge is 0.452 e. The summed E-state index contributed by atoms with van der Waals surface area (Å²) in [7, 11) is 0. The molecular weight excluding hydrogens is 372 g/mol. The van der Waals surface area contributed by atoms with Crippen LogP contribution in [0.2, 0.25) is 0 Å². The summed E-state index contributed by atoms with van der Waals surface area (Å²) in [5, 5.41) is 7.81. The first kappa shape index (κ1) is 16.1. The summed E-state index contributed by atoms with van der Waals surface area (Å²) in [5.41, 5.74) is 1.70.